The number of nitriles is 1. The van der Waals surface area contributed by atoms with Gasteiger partial charge in [-0.2, -0.15) is 5.26 Å². The summed E-state index contributed by atoms with van der Waals surface area (Å²) in [6.07, 6.45) is 3.09. The Morgan fingerprint density at radius 2 is 1.86 bits per heavy atom. The third kappa shape index (κ3) is 4.82. The van der Waals surface area contributed by atoms with Gasteiger partial charge in [0.25, 0.3) is 5.91 Å². The van der Waals surface area contributed by atoms with Gasteiger partial charge in [-0.15, -0.1) is 0 Å². The fourth-order valence-corrected chi connectivity index (χ4v) is 2.75. The van der Waals surface area contributed by atoms with Crippen LogP contribution in [-0.4, -0.2) is 25.1 Å². The number of para-hydroxylation sites is 1. The van der Waals surface area contributed by atoms with Crippen LogP contribution in [0.4, 0.5) is 11.4 Å². The van der Waals surface area contributed by atoms with Gasteiger partial charge in [-0.05, 0) is 35.9 Å². The molecule has 0 aliphatic rings. The molecule has 0 bridgehead atoms. The van der Waals surface area contributed by atoms with Crippen molar-refractivity contribution in [2.24, 2.45) is 0 Å². The Morgan fingerprint density at radius 3 is 2.62 bits per heavy atom. The summed E-state index contributed by atoms with van der Waals surface area (Å²) in [5.74, 6) is 0.968. The van der Waals surface area contributed by atoms with Crippen molar-refractivity contribution in [2.45, 2.75) is 6.54 Å². The quantitative estimate of drug-likeness (QED) is 0.641. The van der Waals surface area contributed by atoms with E-state index in [0.717, 1.165) is 5.56 Å². The van der Waals surface area contributed by atoms with Gasteiger partial charge in [0.1, 0.15) is 6.07 Å². The van der Waals surface area contributed by atoms with E-state index in [0.29, 0.717) is 40.5 Å². The van der Waals surface area contributed by atoms with Crippen LogP contribution in [0.5, 0.6) is 11.5 Å². The lowest BCUT2D eigenvalue weighted by Crippen LogP contribution is -2.23. The number of nitrogens with one attached hydrogen (secondary N) is 2. The van der Waals surface area contributed by atoms with Crippen molar-refractivity contribution in [1.82, 2.24) is 10.3 Å². The van der Waals surface area contributed by atoms with E-state index in [-0.39, 0.29) is 5.91 Å². The van der Waals surface area contributed by atoms with Gasteiger partial charge in [-0.3, -0.25) is 9.78 Å². The number of benzene rings is 2. The molecule has 3 aromatic rings. The first-order chi connectivity index (χ1) is 14.1. The fraction of sp³-hybridized carbons (Fsp3) is 0.136. The Balaban J connectivity index is 1.69. The third-order valence-electron chi connectivity index (χ3n) is 4.23. The molecule has 7 nitrogen and oxygen atoms in total. The molecule has 2 aromatic carbocycles. The van der Waals surface area contributed by atoms with Gasteiger partial charge >= 0.3 is 0 Å². The second kappa shape index (κ2) is 9.24. The molecular formula is C22H20N4O3. The molecule has 3 rings (SSSR count). The molecule has 0 spiro atoms. The highest BCUT2D eigenvalue weighted by atomic mass is 16.5. The number of carbonyl (C=O) groups excluding carboxylic acids is 1. The minimum atomic E-state index is -0.260. The number of carbonyl (C=O) groups is 1. The number of amides is 1. The lowest BCUT2D eigenvalue weighted by atomic mass is 10.1. The Kier molecular flexibility index (Phi) is 6.28. The van der Waals surface area contributed by atoms with E-state index in [4.69, 9.17) is 9.47 Å². The normalized spacial score (nSPS) is 9.97. The van der Waals surface area contributed by atoms with Crippen LogP contribution in [0.25, 0.3) is 0 Å². The highest BCUT2D eigenvalue weighted by Gasteiger charge is 2.10. The zero-order valence-electron chi connectivity index (χ0n) is 16.1. The maximum atomic E-state index is 12.5. The summed E-state index contributed by atoms with van der Waals surface area (Å²) in [5, 5.41) is 15.2. The first-order valence-corrected chi connectivity index (χ1v) is 8.85. The van der Waals surface area contributed by atoms with Crippen LogP contribution in [0.2, 0.25) is 0 Å². The van der Waals surface area contributed by atoms with E-state index >= 15 is 0 Å². The number of rotatable bonds is 7. The fourth-order valence-electron chi connectivity index (χ4n) is 2.75. The molecule has 0 saturated heterocycles. The van der Waals surface area contributed by atoms with Gasteiger partial charge in [0, 0.05) is 12.7 Å². The van der Waals surface area contributed by atoms with E-state index in [9.17, 15) is 10.1 Å². The Bertz CT molecular complexity index is 1060. The minimum Gasteiger partial charge on any atom is -0.493 e. The predicted molar refractivity (Wildman–Crippen MR) is 109 cm³/mol. The van der Waals surface area contributed by atoms with E-state index in [1.807, 2.05) is 18.2 Å². The molecule has 0 unspecified atom stereocenters. The molecule has 0 saturated carbocycles. The summed E-state index contributed by atoms with van der Waals surface area (Å²) < 4.78 is 10.5. The van der Waals surface area contributed by atoms with E-state index in [2.05, 4.69) is 21.7 Å². The SMILES string of the molecule is COc1ccc(CNC(=O)c2cncc(Nc3ccccc3C#N)c2)cc1OC. The number of methoxy groups -OCH3 is 2. The summed E-state index contributed by atoms with van der Waals surface area (Å²) in [4.78, 5) is 16.7. The minimum absolute atomic E-state index is 0.260. The average Bonchev–Trinajstić information content (AvgIpc) is 2.77. The van der Waals surface area contributed by atoms with Crippen molar-refractivity contribution in [2.75, 3.05) is 19.5 Å². The Labute approximate surface area is 168 Å². The molecule has 0 aliphatic heterocycles. The Morgan fingerprint density at radius 1 is 1.07 bits per heavy atom. The van der Waals surface area contributed by atoms with Crippen molar-refractivity contribution in [3.8, 4) is 17.6 Å². The van der Waals surface area contributed by atoms with Gasteiger partial charge in [0.05, 0.1) is 42.9 Å². The molecule has 1 amide bonds. The van der Waals surface area contributed by atoms with Gasteiger partial charge in [-0.25, -0.2) is 0 Å². The number of pyridine rings is 1. The summed E-state index contributed by atoms with van der Waals surface area (Å²) in [7, 11) is 3.14. The first kappa shape index (κ1) is 19.7. The van der Waals surface area contributed by atoms with Crippen LogP contribution >= 0.6 is 0 Å². The van der Waals surface area contributed by atoms with Crippen LogP contribution in [0.15, 0.2) is 60.9 Å². The maximum Gasteiger partial charge on any atom is 0.253 e. The van der Waals surface area contributed by atoms with Crippen molar-refractivity contribution >= 4 is 17.3 Å². The number of anilines is 2. The van der Waals surface area contributed by atoms with Crippen molar-refractivity contribution in [1.29, 1.82) is 5.26 Å². The standard InChI is InChI=1S/C22H20N4O3/c1-28-20-8-7-15(9-21(20)29-2)12-25-22(27)17-10-18(14-24-13-17)26-19-6-4-3-5-16(19)11-23/h3-10,13-14,26H,12H2,1-2H3,(H,25,27). The first-order valence-electron chi connectivity index (χ1n) is 8.85. The highest BCUT2D eigenvalue weighted by Crippen LogP contribution is 2.27. The van der Waals surface area contributed by atoms with Crippen LogP contribution in [0, 0.1) is 11.3 Å². The van der Waals surface area contributed by atoms with Crippen molar-refractivity contribution in [3.05, 3.63) is 77.6 Å². The number of ether oxygens (including phenoxy) is 2. The number of nitrogens with zero attached hydrogens (tertiary/aromatic N) is 2. The Hall–Kier alpha value is -4.05. The van der Waals surface area contributed by atoms with Crippen LogP contribution in [0.1, 0.15) is 21.5 Å². The number of hydrogen-bond donors (Lipinski definition) is 2. The molecule has 0 aliphatic carbocycles. The second-order valence-electron chi connectivity index (χ2n) is 6.12. The highest BCUT2D eigenvalue weighted by molar-refractivity contribution is 5.94. The second-order valence-corrected chi connectivity index (χ2v) is 6.12. The van der Waals surface area contributed by atoms with Gasteiger partial charge < -0.3 is 20.1 Å². The average molecular weight is 388 g/mol. The molecule has 0 atom stereocenters. The predicted octanol–water partition coefficient (Wildman–Crippen LogP) is 3.64. The lowest BCUT2D eigenvalue weighted by Gasteiger charge is -2.11. The monoisotopic (exact) mass is 388 g/mol. The molecular weight excluding hydrogens is 368 g/mol. The summed E-state index contributed by atoms with van der Waals surface area (Å²) >= 11 is 0. The van der Waals surface area contributed by atoms with Crippen molar-refractivity contribution < 1.29 is 14.3 Å². The summed E-state index contributed by atoms with van der Waals surface area (Å²) in [6, 6.07) is 16.4. The number of hydrogen-bond acceptors (Lipinski definition) is 6. The molecule has 7 heteroatoms. The summed E-state index contributed by atoms with van der Waals surface area (Å²) in [6.45, 7) is 0.327. The van der Waals surface area contributed by atoms with E-state index in [1.54, 1.807) is 50.7 Å². The van der Waals surface area contributed by atoms with Gasteiger partial charge in [0.15, 0.2) is 11.5 Å². The third-order valence-corrected chi connectivity index (χ3v) is 4.23. The van der Waals surface area contributed by atoms with Crippen LogP contribution in [-0.2, 0) is 6.54 Å². The maximum absolute atomic E-state index is 12.5. The van der Waals surface area contributed by atoms with Gasteiger partial charge in [-0.1, -0.05) is 18.2 Å². The van der Waals surface area contributed by atoms with Gasteiger partial charge in [0.2, 0.25) is 0 Å². The molecule has 1 aromatic heterocycles. The zero-order chi connectivity index (χ0) is 20.6. The lowest BCUT2D eigenvalue weighted by molar-refractivity contribution is 0.0950. The van der Waals surface area contributed by atoms with Crippen LogP contribution < -0.4 is 20.1 Å². The smallest absolute Gasteiger partial charge is 0.253 e. The molecule has 1 heterocycles. The number of aromatic nitrogens is 1. The largest absolute Gasteiger partial charge is 0.493 e. The molecule has 2 N–H and O–H groups in total. The summed E-state index contributed by atoms with van der Waals surface area (Å²) in [5.41, 5.74) is 3.06. The zero-order valence-corrected chi connectivity index (χ0v) is 16.1. The molecule has 0 radical (unpaired) electrons. The van der Waals surface area contributed by atoms with E-state index in [1.165, 1.54) is 6.20 Å². The molecule has 0 fully saturated rings. The molecule has 146 valence electrons. The topological polar surface area (TPSA) is 96.3 Å². The van der Waals surface area contributed by atoms with Crippen LogP contribution in [0.3, 0.4) is 0 Å². The van der Waals surface area contributed by atoms with Crippen molar-refractivity contribution in [3.63, 3.8) is 0 Å². The molecule has 29 heavy (non-hydrogen) atoms. The van der Waals surface area contributed by atoms with E-state index < -0.39 is 0 Å².